The van der Waals surface area contributed by atoms with Crippen molar-refractivity contribution in [1.82, 2.24) is 14.8 Å². The maximum atomic E-state index is 12.4. The molecular formula is C24H25N5O5. The lowest BCUT2D eigenvalue weighted by molar-refractivity contribution is 0.106. The van der Waals surface area contributed by atoms with Crippen molar-refractivity contribution in [3.8, 4) is 29.0 Å². The number of benzene rings is 2. The van der Waals surface area contributed by atoms with Gasteiger partial charge in [0.1, 0.15) is 12.4 Å². The van der Waals surface area contributed by atoms with Crippen molar-refractivity contribution in [2.45, 2.75) is 6.92 Å². The van der Waals surface area contributed by atoms with Crippen molar-refractivity contribution in [3.63, 3.8) is 0 Å². The Hall–Kier alpha value is -4.31. The van der Waals surface area contributed by atoms with E-state index in [4.69, 9.17) is 18.6 Å². The van der Waals surface area contributed by atoms with Crippen LogP contribution < -0.4 is 20.1 Å². The summed E-state index contributed by atoms with van der Waals surface area (Å²) in [5.41, 5.74) is 1.95. The minimum atomic E-state index is -0.372. The molecule has 2 amide bonds. The van der Waals surface area contributed by atoms with Crippen molar-refractivity contribution in [1.29, 1.82) is 0 Å². The predicted octanol–water partition coefficient (Wildman–Crippen LogP) is 4.60. The number of carbonyl (C=O) groups is 1. The fraction of sp³-hybridized carbons (Fsp3) is 0.208. The summed E-state index contributed by atoms with van der Waals surface area (Å²) in [5, 5.41) is 10.0. The van der Waals surface area contributed by atoms with E-state index >= 15 is 0 Å². The van der Waals surface area contributed by atoms with Crippen LogP contribution in [0.1, 0.15) is 6.92 Å². The second-order valence-electron chi connectivity index (χ2n) is 7.01. The maximum Gasteiger partial charge on any atom is 0.336 e. The van der Waals surface area contributed by atoms with Crippen molar-refractivity contribution in [2.75, 3.05) is 37.6 Å². The average molecular weight is 463 g/mol. The lowest BCUT2D eigenvalue weighted by atomic mass is 10.2. The summed E-state index contributed by atoms with van der Waals surface area (Å²) in [6.07, 6.45) is 1.57. The third-order valence-electron chi connectivity index (χ3n) is 4.69. The maximum absolute atomic E-state index is 12.4. The molecule has 2 heterocycles. The molecule has 176 valence electrons. The first-order valence-corrected chi connectivity index (χ1v) is 10.7. The van der Waals surface area contributed by atoms with Crippen LogP contribution >= 0.6 is 0 Å². The van der Waals surface area contributed by atoms with Gasteiger partial charge >= 0.3 is 12.0 Å². The smallest absolute Gasteiger partial charge is 0.336 e. The number of methoxy groups -OCH3 is 1. The van der Waals surface area contributed by atoms with E-state index in [0.717, 1.165) is 5.69 Å². The van der Waals surface area contributed by atoms with E-state index in [1.165, 1.54) is 0 Å². The number of anilines is 2. The Kier molecular flexibility index (Phi) is 7.41. The van der Waals surface area contributed by atoms with E-state index in [1.54, 1.807) is 66.6 Å². The van der Waals surface area contributed by atoms with Gasteiger partial charge in [-0.3, -0.25) is 0 Å². The second kappa shape index (κ2) is 11.0. The van der Waals surface area contributed by atoms with Crippen LogP contribution in [0.25, 0.3) is 17.3 Å². The minimum absolute atomic E-state index is 0.214. The van der Waals surface area contributed by atoms with Crippen molar-refractivity contribution >= 4 is 17.4 Å². The number of aromatic nitrogens is 3. The summed E-state index contributed by atoms with van der Waals surface area (Å²) in [6, 6.07) is 17.7. The van der Waals surface area contributed by atoms with Crippen LogP contribution in [0.15, 0.2) is 71.3 Å². The first-order valence-electron chi connectivity index (χ1n) is 10.7. The van der Waals surface area contributed by atoms with Crippen molar-refractivity contribution in [2.24, 2.45) is 0 Å². The van der Waals surface area contributed by atoms with Crippen LogP contribution in [0.4, 0.5) is 16.2 Å². The Labute approximate surface area is 196 Å². The number of urea groups is 1. The van der Waals surface area contributed by atoms with Gasteiger partial charge in [0.2, 0.25) is 5.82 Å². The van der Waals surface area contributed by atoms with Crippen LogP contribution in [0.2, 0.25) is 0 Å². The molecule has 0 aliphatic heterocycles. The van der Waals surface area contributed by atoms with Crippen LogP contribution in [0.3, 0.4) is 0 Å². The topological polar surface area (TPSA) is 113 Å². The molecule has 4 rings (SSSR count). The molecule has 0 radical (unpaired) electrons. The van der Waals surface area contributed by atoms with Gasteiger partial charge in [-0.15, -0.1) is 5.10 Å². The molecule has 10 heteroatoms. The molecule has 2 N–H and O–H groups in total. The van der Waals surface area contributed by atoms with Crippen LogP contribution in [-0.4, -0.2) is 47.7 Å². The molecule has 0 bridgehead atoms. The van der Waals surface area contributed by atoms with Crippen molar-refractivity contribution < 1.29 is 23.4 Å². The van der Waals surface area contributed by atoms with Gasteiger partial charge in [-0.25, -0.2) is 9.48 Å². The standard InChI is InChI=1S/C24H25N5O5/c1-3-32-14-15-34-24-27-22(21-8-5-13-33-21)29(28-24)19-11-9-17(10-12-19)25-23(30)26-18-6-4-7-20(16-18)31-2/h4-13,16H,3,14-15H2,1-2H3,(H2,25,26,30). The van der Waals surface area contributed by atoms with E-state index in [2.05, 4.69) is 20.7 Å². The zero-order valence-corrected chi connectivity index (χ0v) is 18.9. The molecular weight excluding hydrogens is 438 g/mol. The largest absolute Gasteiger partial charge is 0.497 e. The highest BCUT2D eigenvalue weighted by Gasteiger charge is 2.17. The molecule has 0 atom stereocenters. The van der Waals surface area contributed by atoms with Gasteiger partial charge in [-0.05, 0) is 55.5 Å². The Morgan fingerprint density at radius 2 is 1.85 bits per heavy atom. The van der Waals surface area contributed by atoms with E-state index in [9.17, 15) is 4.79 Å². The lowest BCUT2D eigenvalue weighted by Gasteiger charge is -2.10. The number of carbonyl (C=O) groups excluding carboxylic acids is 1. The Morgan fingerprint density at radius 3 is 2.59 bits per heavy atom. The molecule has 34 heavy (non-hydrogen) atoms. The number of hydrogen-bond donors (Lipinski definition) is 2. The van der Waals surface area contributed by atoms with E-state index in [-0.39, 0.29) is 12.0 Å². The van der Waals surface area contributed by atoms with Crippen LogP contribution in [0.5, 0.6) is 11.8 Å². The monoisotopic (exact) mass is 463 g/mol. The number of amides is 2. The van der Waals surface area contributed by atoms with E-state index < -0.39 is 0 Å². The van der Waals surface area contributed by atoms with Gasteiger partial charge in [0.05, 0.1) is 25.7 Å². The number of nitrogens with one attached hydrogen (secondary N) is 2. The third-order valence-corrected chi connectivity index (χ3v) is 4.69. The lowest BCUT2D eigenvalue weighted by Crippen LogP contribution is -2.19. The minimum Gasteiger partial charge on any atom is -0.497 e. The first-order chi connectivity index (χ1) is 16.7. The number of rotatable bonds is 10. The Bertz CT molecular complexity index is 1200. The number of ether oxygens (including phenoxy) is 3. The third kappa shape index (κ3) is 5.73. The Morgan fingerprint density at radius 1 is 1.03 bits per heavy atom. The van der Waals surface area contributed by atoms with Gasteiger partial charge in [0, 0.05) is 24.0 Å². The molecule has 0 aliphatic rings. The van der Waals surface area contributed by atoms with Gasteiger partial charge in [-0.1, -0.05) is 6.07 Å². The fourth-order valence-electron chi connectivity index (χ4n) is 3.12. The summed E-state index contributed by atoms with van der Waals surface area (Å²) >= 11 is 0. The van der Waals surface area contributed by atoms with E-state index in [1.807, 2.05) is 19.1 Å². The number of hydrogen-bond acceptors (Lipinski definition) is 7. The van der Waals surface area contributed by atoms with Gasteiger partial charge in [0.15, 0.2) is 5.76 Å². The molecule has 10 nitrogen and oxygen atoms in total. The second-order valence-corrected chi connectivity index (χ2v) is 7.01. The summed E-state index contributed by atoms with van der Waals surface area (Å²) < 4.78 is 23.2. The molecule has 0 saturated carbocycles. The average Bonchev–Trinajstić information content (AvgIpc) is 3.53. The molecule has 4 aromatic rings. The predicted molar refractivity (Wildman–Crippen MR) is 127 cm³/mol. The normalized spacial score (nSPS) is 10.6. The van der Waals surface area contributed by atoms with Gasteiger partial charge in [0.25, 0.3) is 0 Å². The highest BCUT2D eigenvalue weighted by atomic mass is 16.5. The molecule has 0 unspecified atom stereocenters. The SMILES string of the molecule is CCOCCOc1nc(-c2ccco2)n(-c2ccc(NC(=O)Nc3cccc(OC)c3)cc2)n1. The summed E-state index contributed by atoms with van der Waals surface area (Å²) in [4.78, 5) is 16.8. The molecule has 2 aromatic heterocycles. The van der Waals surface area contributed by atoms with E-state index in [0.29, 0.717) is 48.5 Å². The number of nitrogens with zero attached hydrogens (tertiary/aromatic N) is 3. The molecule has 2 aromatic carbocycles. The molecule has 0 aliphatic carbocycles. The molecule has 0 fully saturated rings. The molecule has 0 spiro atoms. The van der Waals surface area contributed by atoms with Gasteiger partial charge < -0.3 is 29.3 Å². The highest BCUT2D eigenvalue weighted by Crippen LogP contribution is 2.25. The fourth-order valence-corrected chi connectivity index (χ4v) is 3.12. The first kappa shape index (κ1) is 22.9. The van der Waals surface area contributed by atoms with Gasteiger partial charge in [-0.2, -0.15) is 4.98 Å². The van der Waals surface area contributed by atoms with Crippen LogP contribution in [0, 0.1) is 0 Å². The zero-order valence-electron chi connectivity index (χ0n) is 18.9. The molecule has 0 saturated heterocycles. The summed E-state index contributed by atoms with van der Waals surface area (Å²) in [7, 11) is 1.57. The van der Waals surface area contributed by atoms with Crippen LogP contribution in [-0.2, 0) is 4.74 Å². The highest BCUT2D eigenvalue weighted by molar-refractivity contribution is 5.99. The zero-order chi connectivity index (χ0) is 23.8. The summed E-state index contributed by atoms with van der Waals surface area (Å²) in [6.45, 7) is 3.31. The Balaban J connectivity index is 1.47. The number of furan rings is 1. The van der Waals surface area contributed by atoms with Crippen molar-refractivity contribution in [3.05, 3.63) is 66.9 Å². The quantitative estimate of drug-likeness (QED) is 0.331. The summed E-state index contributed by atoms with van der Waals surface area (Å²) in [5.74, 6) is 1.70.